The second-order valence-corrected chi connectivity index (χ2v) is 6.23. The largest absolute Gasteiger partial charge is 0.351 e. The summed E-state index contributed by atoms with van der Waals surface area (Å²) in [6.07, 6.45) is 2.01. The highest BCUT2D eigenvalue weighted by molar-refractivity contribution is 9.09. The molecule has 4 nitrogen and oxygen atoms in total. The fourth-order valence-corrected chi connectivity index (χ4v) is 2.37. The number of alkyl halides is 1. The minimum Gasteiger partial charge on any atom is -0.351 e. The lowest BCUT2D eigenvalue weighted by molar-refractivity contribution is 0.0949. The van der Waals surface area contributed by atoms with Crippen LogP contribution >= 0.6 is 15.9 Å². The third kappa shape index (κ3) is 3.35. The highest BCUT2D eigenvalue weighted by atomic mass is 79.9. The number of hydrogen-bond acceptors (Lipinski definition) is 2. The number of carbonyl (C=O) groups excluding carboxylic acids is 1. The minimum absolute atomic E-state index is 0.0981. The maximum atomic E-state index is 12.1. The molecule has 0 aliphatic heterocycles. The highest BCUT2D eigenvalue weighted by Crippen LogP contribution is 2.17. The zero-order valence-electron chi connectivity index (χ0n) is 11.2. The van der Waals surface area contributed by atoms with Gasteiger partial charge in [-0.2, -0.15) is 5.10 Å². The molecule has 1 heterocycles. The molecule has 0 radical (unpaired) electrons. The zero-order chi connectivity index (χ0) is 13.8. The Kier molecular flexibility index (Phi) is 4.58. The van der Waals surface area contributed by atoms with Gasteiger partial charge in [0, 0.05) is 23.8 Å². The summed E-state index contributed by atoms with van der Waals surface area (Å²) in [7, 11) is 1.85. The molecule has 1 N–H and O–H groups in total. The molecule has 0 bridgehead atoms. The summed E-state index contributed by atoms with van der Waals surface area (Å²) in [5.41, 5.74) is 1.48. The van der Waals surface area contributed by atoms with Gasteiger partial charge in [-0.05, 0) is 18.9 Å². The number of carbonyl (C=O) groups is 1. The van der Waals surface area contributed by atoms with Crippen LogP contribution in [0.2, 0.25) is 0 Å². The molecule has 5 heteroatoms. The normalized spacial score (nSPS) is 12.6. The fourth-order valence-electron chi connectivity index (χ4n) is 2.05. The summed E-state index contributed by atoms with van der Waals surface area (Å²) >= 11 is 3.49. The van der Waals surface area contributed by atoms with Crippen molar-refractivity contribution < 1.29 is 4.79 Å². The van der Waals surface area contributed by atoms with Crippen molar-refractivity contribution in [3.8, 4) is 0 Å². The van der Waals surface area contributed by atoms with E-state index in [1.165, 1.54) is 0 Å². The smallest absolute Gasteiger partial charge is 0.272 e. The molecule has 1 unspecified atom stereocenters. The first-order chi connectivity index (χ1) is 9.09. The Morgan fingerprint density at radius 3 is 2.95 bits per heavy atom. The standard InChI is InChI=1S/C14H18BrN3O/c1-10(15)6-5-9-16-14(19)13-11-7-3-4-8-12(11)18(2)17-13/h3-4,7-8,10H,5-6,9H2,1-2H3,(H,16,19). The number of amides is 1. The first-order valence-electron chi connectivity index (χ1n) is 6.43. The molecule has 0 saturated carbocycles. The van der Waals surface area contributed by atoms with E-state index in [9.17, 15) is 4.79 Å². The number of halogens is 1. The van der Waals surface area contributed by atoms with E-state index in [1.54, 1.807) is 4.68 Å². The molecule has 1 aromatic heterocycles. The van der Waals surface area contributed by atoms with Gasteiger partial charge < -0.3 is 5.32 Å². The monoisotopic (exact) mass is 323 g/mol. The average Bonchev–Trinajstić information content (AvgIpc) is 2.72. The van der Waals surface area contributed by atoms with Crippen molar-refractivity contribution in [3.05, 3.63) is 30.0 Å². The van der Waals surface area contributed by atoms with Crippen molar-refractivity contribution in [1.29, 1.82) is 0 Å². The van der Waals surface area contributed by atoms with Gasteiger partial charge >= 0.3 is 0 Å². The van der Waals surface area contributed by atoms with Crippen LogP contribution in [0.15, 0.2) is 24.3 Å². The molecular formula is C14H18BrN3O. The van der Waals surface area contributed by atoms with Crippen molar-refractivity contribution in [2.75, 3.05) is 6.54 Å². The number of nitrogens with zero attached hydrogens (tertiary/aromatic N) is 2. The Balaban J connectivity index is 2.05. The van der Waals surface area contributed by atoms with Crippen LogP contribution in [0.3, 0.4) is 0 Å². The quantitative estimate of drug-likeness (QED) is 0.679. The van der Waals surface area contributed by atoms with Gasteiger partial charge in [0.15, 0.2) is 5.69 Å². The summed E-state index contributed by atoms with van der Waals surface area (Å²) in [4.78, 5) is 12.6. The zero-order valence-corrected chi connectivity index (χ0v) is 12.8. The molecule has 19 heavy (non-hydrogen) atoms. The number of para-hydroxylation sites is 1. The van der Waals surface area contributed by atoms with Gasteiger partial charge in [0.25, 0.3) is 5.91 Å². The summed E-state index contributed by atoms with van der Waals surface area (Å²) in [5.74, 6) is -0.0981. The molecule has 2 aromatic rings. The molecule has 1 aromatic carbocycles. The molecule has 1 amide bonds. The van der Waals surface area contributed by atoms with Gasteiger partial charge in [-0.15, -0.1) is 0 Å². The van der Waals surface area contributed by atoms with Crippen LogP contribution in [0.1, 0.15) is 30.3 Å². The Morgan fingerprint density at radius 1 is 1.47 bits per heavy atom. The molecule has 0 aliphatic carbocycles. The van der Waals surface area contributed by atoms with Crippen LogP contribution in [0.25, 0.3) is 10.9 Å². The second kappa shape index (κ2) is 6.19. The summed E-state index contributed by atoms with van der Waals surface area (Å²) in [5, 5.41) is 8.12. The van der Waals surface area contributed by atoms with Crippen molar-refractivity contribution in [1.82, 2.24) is 15.1 Å². The fraction of sp³-hybridized carbons (Fsp3) is 0.429. The van der Waals surface area contributed by atoms with E-state index in [4.69, 9.17) is 0 Å². The summed E-state index contributed by atoms with van der Waals surface area (Å²) < 4.78 is 1.74. The van der Waals surface area contributed by atoms with E-state index in [0.29, 0.717) is 17.1 Å². The van der Waals surface area contributed by atoms with Crippen LogP contribution in [0, 0.1) is 0 Å². The Labute approximate surface area is 121 Å². The number of benzene rings is 1. The molecule has 0 fully saturated rings. The molecule has 0 aliphatic rings. The second-order valence-electron chi connectivity index (χ2n) is 4.67. The number of aryl methyl sites for hydroxylation is 1. The Bertz CT molecular complexity index is 577. The van der Waals surface area contributed by atoms with Crippen LogP contribution in [-0.4, -0.2) is 27.1 Å². The van der Waals surface area contributed by atoms with Gasteiger partial charge in [-0.25, -0.2) is 0 Å². The Hall–Kier alpha value is -1.36. The van der Waals surface area contributed by atoms with E-state index < -0.39 is 0 Å². The van der Waals surface area contributed by atoms with E-state index in [-0.39, 0.29) is 5.91 Å². The van der Waals surface area contributed by atoms with Gasteiger partial charge in [0.05, 0.1) is 5.52 Å². The van der Waals surface area contributed by atoms with E-state index in [0.717, 1.165) is 23.7 Å². The van der Waals surface area contributed by atoms with Gasteiger partial charge in [-0.1, -0.05) is 41.1 Å². The number of aromatic nitrogens is 2. The molecule has 102 valence electrons. The lowest BCUT2D eigenvalue weighted by atomic mass is 10.2. The number of fused-ring (bicyclic) bond motifs is 1. The topological polar surface area (TPSA) is 46.9 Å². The first-order valence-corrected chi connectivity index (χ1v) is 7.35. The van der Waals surface area contributed by atoms with Crippen LogP contribution in [-0.2, 0) is 7.05 Å². The molecule has 0 saturated heterocycles. The summed E-state index contributed by atoms with van der Waals surface area (Å²) in [6, 6.07) is 7.76. The average molecular weight is 324 g/mol. The summed E-state index contributed by atoms with van der Waals surface area (Å²) in [6.45, 7) is 2.79. The first kappa shape index (κ1) is 14.1. The highest BCUT2D eigenvalue weighted by Gasteiger charge is 2.14. The maximum absolute atomic E-state index is 12.1. The van der Waals surface area contributed by atoms with Crippen LogP contribution in [0.5, 0.6) is 0 Å². The number of nitrogens with one attached hydrogen (secondary N) is 1. The molecule has 0 spiro atoms. The third-order valence-corrected chi connectivity index (χ3v) is 3.49. The van der Waals surface area contributed by atoms with Crippen molar-refractivity contribution in [2.24, 2.45) is 7.05 Å². The SMILES string of the molecule is CC(Br)CCCNC(=O)c1nn(C)c2ccccc12. The minimum atomic E-state index is -0.0981. The van der Waals surface area contributed by atoms with Gasteiger partial charge in [0.1, 0.15) is 0 Å². The van der Waals surface area contributed by atoms with E-state index in [2.05, 4.69) is 33.3 Å². The third-order valence-electron chi connectivity index (χ3n) is 3.04. The van der Waals surface area contributed by atoms with Crippen molar-refractivity contribution >= 4 is 32.7 Å². The maximum Gasteiger partial charge on any atom is 0.272 e. The van der Waals surface area contributed by atoms with Crippen LogP contribution < -0.4 is 5.32 Å². The number of hydrogen-bond donors (Lipinski definition) is 1. The van der Waals surface area contributed by atoms with E-state index >= 15 is 0 Å². The predicted octanol–water partition coefficient (Wildman–Crippen LogP) is 2.87. The molecule has 2 rings (SSSR count). The lowest BCUT2D eigenvalue weighted by Crippen LogP contribution is -2.25. The van der Waals surface area contributed by atoms with Crippen LogP contribution in [0.4, 0.5) is 0 Å². The number of rotatable bonds is 5. The molecule has 1 atom stereocenters. The Morgan fingerprint density at radius 2 is 2.21 bits per heavy atom. The van der Waals surface area contributed by atoms with Crippen molar-refractivity contribution in [3.63, 3.8) is 0 Å². The molecular weight excluding hydrogens is 306 g/mol. The van der Waals surface area contributed by atoms with E-state index in [1.807, 2.05) is 31.3 Å². The predicted molar refractivity (Wildman–Crippen MR) is 80.7 cm³/mol. The van der Waals surface area contributed by atoms with Gasteiger partial charge in [0.2, 0.25) is 0 Å². The lowest BCUT2D eigenvalue weighted by Gasteiger charge is -2.04. The van der Waals surface area contributed by atoms with Gasteiger partial charge in [-0.3, -0.25) is 9.48 Å². The van der Waals surface area contributed by atoms with Crippen molar-refractivity contribution in [2.45, 2.75) is 24.6 Å².